The van der Waals surface area contributed by atoms with Crippen molar-refractivity contribution in [2.75, 3.05) is 27.5 Å². The lowest BCUT2D eigenvalue weighted by molar-refractivity contribution is 0.0915. The van der Waals surface area contributed by atoms with Crippen molar-refractivity contribution < 1.29 is 32.6 Å². The van der Waals surface area contributed by atoms with Gasteiger partial charge in [-0.2, -0.15) is 0 Å². The van der Waals surface area contributed by atoms with Crippen molar-refractivity contribution in [3.63, 3.8) is 0 Å². The van der Waals surface area contributed by atoms with Crippen LogP contribution >= 0.6 is 11.6 Å². The second-order valence-corrected chi connectivity index (χ2v) is 7.53. The number of methoxy groups -OCH3 is 2. The Balaban J connectivity index is 1.74. The van der Waals surface area contributed by atoms with Crippen LogP contribution in [0.4, 0.5) is 8.78 Å². The number of halogens is 3. The molecule has 178 valence electrons. The number of nitrogens with zero attached hydrogens (tertiary/aromatic N) is 1. The van der Waals surface area contributed by atoms with Crippen LogP contribution in [0.5, 0.6) is 17.2 Å². The zero-order valence-electron chi connectivity index (χ0n) is 18.6. The van der Waals surface area contributed by atoms with Crippen LogP contribution in [0.2, 0.25) is 5.02 Å². The molecule has 0 bridgehead atoms. The van der Waals surface area contributed by atoms with Crippen LogP contribution in [0.3, 0.4) is 0 Å². The molecule has 1 aromatic heterocycles. The molecule has 3 aromatic rings. The van der Waals surface area contributed by atoms with Gasteiger partial charge in [0.25, 0.3) is 0 Å². The van der Waals surface area contributed by atoms with E-state index in [4.69, 9.17) is 25.8 Å². The van der Waals surface area contributed by atoms with E-state index in [1.165, 1.54) is 56.7 Å². The van der Waals surface area contributed by atoms with E-state index in [2.05, 4.69) is 4.98 Å². The molecule has 1 heterocycles. The Labute approximate surface area is 200 Å². The summed E-state index contributed by atoms with van der Waals surface area (Å²) in [6, 6.07) is 11.7. The molecule has 0 fully saturated rings. The van der Waals surface area contributed by atoms with Gasteiger partial charge in [-0.25, -0.2) is 13.8 Å². The molecule has 34 heavy (non-hydrogen) atoms. The Morgan fingerprint density at radius 2 is 1.62 bits per heavy atom. The van der Waals surface area contributed by atoms with Crippen LogP contribution in [0.15, 0.2) is 48.5 Å². The highest BCUT2D eigenvalue weighted by atomic mass is 35.5. The predicted molar refractivity (Wildman–Crippen MR) is 124 cm³/mol. The van der Waals surface area contributed by atoms with E-state index in [-0.39, 0.29) is 41.7 Å². The second-order valence-electron chi connectivity index (χ2n) is 7.13. The average molecular weight is 490 g/mol. The minimum atomic E-state index is -0.652. The van der Waals surface area contributed by atoms with Crippen molar-refractivity contribution in [1.29, 1.82) is 0 Å². The maximum atomic E-state index is 13.5. The fourth-order valence-electron chi connectivity index (χ4n) is 3.22. The van der Waals surface area contributed by atoms with Gasteiger partial charge in [-0.15, -0.1) is 0 Å². The number of ether oxygens (including phenoxy) is 3. The van der Waals surface area contributed by atoms with Crippen LogP contribution < -0.4 is 14.2 Å². The van der Waals surface area contributed by atoms with Gasteiger partial charge in [0.1, 0.15) is 36.2 Å². The average Bonchev–Trinajstić information content (AvgIpc) is 2.86. The number of ketones is 2. The number of benzene rings is 2. The highest BCUT2D eigenvalue weighted by Gasteiger charge is 2.17. The molecule has 0 aliphatic carbocycles. The lowest BCUT2D eigenvalue weighted by Gasteiger charge is -2.11. The molecule has 0 amide bonds. The minimum absolute atomic E-state index is 0.0575. The zero-order chi connectivity index (χ0) is 24.7. The number of aromatic nitrogens is 1. The summed E-state index contributed by atoms with van der Waals surface area (Å²) in [5.74, 6) is -0.192. The van der Waals surface area contributed by atoms with Crippen molar-refractivity contribution in [3.8, 4) is 28.5 Å². The van der Waals surface area contributed by atoms with Crippen molar-refractivity contribution >= 4 is 23.2 Å². The Bertz CT molecular complexity index is 1200. The van der Waals surface area contributed by atoms with Crippen molar-refractivity contribution in [2.24, 2.45) is 0 Å². The molecule has 3 rings (SSSR count). The van der Waals surface area contributed by atoms with Crippen LogP contribution in [0.25, 0.3) is 11.3 Å². The number of Topliss-reactive ketones (excluding diaryl/α,β-unsaturated/α-hetero) is 2. The topological polar surface area (TPSA) is 74.7 Å². The molecule has 0 atom stereocenters. The van der Waals surface area contributed by atoms with Gasteiger partial charge in [0, 0.05) is 24.0 Å². The van der Waals surface area contributed by atoms with Gasteiger partial charge in [0.2, 0.25) is 0 Å². The third-order valence-corrected chi connectivity index (χ3v) is 5.25. The molecule has 6 nitrogen and oxygen atoms in total. The van der Waals surface area contributed by atoms with E-state index in [0.29, 0.717) is 34.1 Å². The first-order chi connectivity index (χ1) is 16.4. The van der Waals surface area contributed by atoms with Crippen LogP contribution in [-0.4, -0.2) is 44.1 Å². The van der Waals surface area contributed by atoms with Gasteiger partial charge >= 0.3 is 0 Å². The molecule has 0 aliphatic heterocycles. The van der Waals surface area contributed by atoms with Gasteiger partial charge in [-0.1, -0.05) is 11.6 Å². The van der Waals surface area contributed by atoms with Gasteiger partial charge in [0.15, 0.2) is 23.1 Å². The third-order valence-electron chi connectivity index (χ3n) is 4.96. The fraction of sp³-hybridized carbons (Fsp3) is 0.240. The Morgan fingerprint density at radius 3 is 2.29 bits per heavy atom. The van der Waals surface area contributed by atoms with Crippen LogP contribution in [0, 0.1) is 5.82 Å². The van der Waals surface area contributed by atoms with E-state index in [1.807, 2.05) is 0 Å². The summed E-state index contributed by atoms with van der Waals surface area (Å²) in [4.78, 5) is 29.8. The summed E-state index contributed by atoms with van der Waals surface area (Å²) >= 11 is 5.88. The number of hydrogen-bond donors (Lipinski definition) is 0. The summed E-state index contributed by atoms with van der Waals surface area (Å²) in [7, 11) is 2.87. The number of carbonyl (C=O) groups excluding carboxylic acids is 2. The highest BCUT2D eigenvalue weighted by Crippen LogP contribution is 2.32. The van der Waals surface area contributed by atoms with Gasteiger partial charge < -0.3 is 14.2 Å². The zero-order valence-corrected chi connectivity index (χ0v) is 19.3. The molecule has 0 radical (unpaired) electrons. The monoisotopic (exact) mass is 489 g/mol. The van der Waals surface area contributed by atoms with Crippen molar-refractivity contribution in [3.05, 3.63) is 70.6 Å². The lowest BCUT2D eigenvalue weighted by Crippen LogP contribution is -2.08. The first-order valence-corrected chi connectivity index (χ1v) is 10.7. The fourth-order valence-corrected chi connectivity index (χ4v) is 3.41. The van der Waals surface area contributed by atoms with Crippen molar-refractivity contribution in [2.45, 2.75) is 12.8 Å². The highest BCUT2D eigenvalue weighted by molar-refractivity contribution is 6.31. The van der Waals surface area contributed by atoms with E-state index >= 15 is 0 Å². The van der Waals surface area contributed by atoms with Crippen molar-refractivity contribution in [1.82, 2.24) is 4.98 Å². The SMILES string of the molecule is COc1cc(C(=O)CCC(=O)c2ccc(OC)c(-c3ccc(F)c(Cl)c3)n2)ccc1OCCF. The summed E-state index contributed by atoms with van der Waals surface area (Å²) in [6.45, 7) is -0.777. The molecule has 0 unspecified atom stereocenters. The molecule has 2 aromatic carbocycles. The summed E-state index contributed by atoms with van der Waals surface area (Å²) in [5, 5.41) is -0.0831. The van der Waals surface area contributed by atoms with Gasteiger partial charge in [-0.05, 0) is 48.5 Å². The summed E-state index contributed by atoms with van der Waals surface area (Å²) in [5.41, 5.74) is 1.28. The molecule has 0 N–H and O–H groups in total. The Morgan fingerprint density at radius 1 is 0.912 bits per heavy atom. The van der Waals surface area contributed by atoms with Crippen LogP contribution in [0.1, 0.15) is 33.7 Å². The number of hydrogen-bond acceptors (Lipinski definition) is 6. The van der Waals surface area contributed by atoms with Crippen LogP contribution in [-0.2, 0) is 0 Å². The standard InChI is InChI=1S/C25H22ClF2NO5/c1-32-23-10-6-19(29-25(23)16-3-5-18(28)17(26)13-16)21(31)8-7-20(30)15-4-9-22(34-12-11-27)24(14-15)33-2/h3-6,9-10,13-14H,7-8,11-12H2,1-2H3. The molecule has 9 heteroatoms. The minimum Gasteiger partial charge on any atom is -0.494 e. The van der Waals surface area contributed by atoms with Gasteiger partial charge in [-0.3, -0.25) is 9.59 Å². The molecule has 0 aliphatic rings. The van der Waals surface area contributed by atoms with Gasteiger partial charge in [0.05, 0.1) is 19.2 Å². The number of alkyl halides is 1. The maximum Gasteiger partial charge on any atom is 0.181 e. The van der Waals surface area contributed by atoms with E-state index in [1.54, 1.807) is 6.07 Å². The van der Waals surface area contributed by atoms with E-state index in [9.17, 15) is 18.4 Å². The predicted octanol–water partition coefficient (Wildman–Crippen LogP) is 5.75. The molecular weight excluding hydrogens is 468 g/mol. The Kier molecular flexibility index (Phi) is 8.54. The summed E-state index contributed by atoms with van der Waals surface area (Å²) in [6.07, 6.45) is -0.137. The quantitative estimate of drug-likeness (QED) is 0.319. The molecular formula is C25H22ClF2NO5. The largest absolute Gasteiger partial charge is 0.494 e. The van der Waals surface area contributed by atoms with E-state index < -0.39 is 12.5 Å². The first-order valence-electron chi connectivity index (χ1n) is 10.3. The van der Waals surface area contributed by atoms with E-state index in [0.717, 1.165) is 0 Å². The smallest absolute Gasteiger partial charge is 0.181 e. The molecule has 0 saturated heterocycles. The first kappa shape index (κ1) is 25.1. The molecule has 0 spiro atoms. The number of rotatable bonds is 11. The molecule has 0 saturated carbocycles. The lowest BCUT2D eigenvalue weighted by atomic mass is 10.0. The summed E-state index contributed by atoms with van der Waals surface area (Å²) < 4.78 is 41.6. The third kappa shape index (κ3) is 5.88. The normalized spacial score (nSPS) is 10.6. The number of pyridine rings is 1. The maximum absolute atomic E-state index is 13.5. The second kappa shape index (κ2) is 11.6. The Hall–Kier alpha value is -3.52. The number of carbonyl (C=O) groups is 2.